The molecule has 0 aliphatic carbocycles. The van der Waals surface area contributed by atoms with Gasteiger partial charge in [-0.05, 0) is 19.3 Å². The number of carbonyl (C=O) groups is 1. The molecule has 0 rings (SSSR count). The highest BCUT2D eigenvalue weighted by atomic mass is 16.4. The van der Waals surface area contributed by atoms with E-state index in [-0.39, 0.29) is 13.2 Å². The molecule has 0 aromatic heterocycles. The normalized spacial score (nSPS) is 9.72. The zero-order valence-electron chi connectivity index (χ0n) is 11.7. The van der Waals surface area contributed by atoms with Crippen LogP contribution >= 0.6 is 0 Å². The van der Waals surface area contributed by atoms with Crippen molar-refractivity contribution >= 4 is 5.97 Å². The van der Waals surface area contributed by atoms with Gasteiger partial charge in [0.05, 0.1) is 0 Å². The Balaban J connectivity index is 0. The highest BCUT2D eigenvalue weighted by Gasteiger charge is 1.95. The van der Waals surface area contributed by atoms with Crippen LogP contribution in [0, 0.1) is 0 Å². The van der Waals surface area contributed by atoms with Crippen molar-refractivity contribution in [2.24, 2.45) is 0 Å². The second-order valence-electron chi connectivity index (χ2n) is 4.42. The van der Waals surface area contributed by atoms with Crippen molar-refractivity contribution < 1.29 is 20.1 Å². The molecule has 0 radical (unpaired) electrons. The topological polar surface area (TPSA) is 77.8 Å². The summed E-state index contributed by atoms with van der Waals surface area (Å²) in [6.45, 7) is 2.59. The van der Waals surface area contributed by atoms with Gasteiger partial charge in [0.2, 0.25) is 0 Å². The van der Waals surface area contributed by atoms with E-state index in [2.05, 4.69) is 6.92 Å². The van der Waals surface area contributed by atoms with Crippen molar-refractivity contribution in [3.05, 3.63) is 0 Å². The first-order chi connectivity index (χ1) is 8.68. The first kappa shape index (κ1) is 19.7. The summed E-state index contributed by atoms with van der Waals surface area (Å²) in [5, 5.41) is 24.5. The monoisotopic (exact) mass is 262 g/mol. The molecule has 0 saturated carbocycles. The van der Waals surface area contributed by atoms with Gasteiger partial charge in [0.15, 0.2) is 0 Å². The van der Waals surface area contributed by atoms with Gasteiger partial charge in [-0.25, -0.2) is 0 Å². The predicted octanol–water partition coefficient (Wildman–Crippen LogP) is 2.96. The van der Waals surface area contributed by atoms with E-state index in [0.717, 1.165) is 25.7 Å². The quantitative estimate of drug-likeness (QED) is 0.500. The van der Waals surface area contributed by atoms with Crippen molar-refractivity contribution in [3.63, 3.8) is 0 Å². The van der Waals surface area contributed by atoms with Gasteiger partial charge in [-0.15, -0.1) is 0 Å². The van der Waals surface area contributed by atoms with Crippen LogP contribution in [0.5, 0.6) is 0 Å². The van der Waals surface area contributed by atoms with Gasteiger partial charge in [-0.3, -0.25) is 4.79 Å². The Morgan fingerprint density at radius 2 is 1.22 bits per heavy atom. The molecule has 4 nitrogen and oxygen atoms in total. The molecule has 4 heteroatoms. The van der Waals surface area contributed by atoms with Crippen LogP contribution in [0.3, 0.4) is 0 Å². The van der Waals surface area contributed by atoms with Crippen LogP contribution in [0.1, 0.15) is 71.1 Å². The van der Waals surface area contributed by atoms with Crippen LogP contribution in [0.2, 0.25) is 0 Å². The average Bonchev–Trinajstić information content (AvgIpc) is 2.36. The summed E-state index contributed by atoms with van der Waals surface area (Å²) in [6.07, 6.45) is 10.1. The highest BCUT2D eigenvalue weighted by molar-refractivity contribution is 5.66. The zero-order chi connectivity index (χ0) is 14.1. The van der Waals surface area contributed by atoms with Gasteiger partial charge >= 0.3 is 5.97 Å². The summed E-state index contributed by atoms with van der Waals surface area (Å²) in [7, 11) is 0. The minimum Gasteiger partial charge on any atom is -0.481 e. The van der Waals surface area contributed by atoms with Crippen molar-refractivity contribution in [3.8, 4) is 0 Å². The molecule has 0 fully saturated rings. The van der Waals surface area contributed by atoms with E-state index in [4.69, 9.17) is 15.3 Å². The van der Waals surface area contributed by atoms with Gasteiger partial charge in [0, 0.05) is 19.6 Å². The van der Waals surface area contributed by atoms with Crippen molar-refractivity contribution in [1.82, 2.24) is 0 Å². The van der Waals surface area contributed by atoms with E-state index in [1.54, 1.807) is 0 Å². The summed E-state index contributed by atoms with van der Waals surface area (Å²) < 4.78 is 0. The molecule has 110 valence electrons. The molecule has 0 bridgehead atoms. The van der Waals surface area contributed by atoms with E-state index in [9.17, 15) is 4.79 Å². The number of carboxylic acids is 1. The van der Waals surface area contributed by atoms with Crippen molar-refractivity contribution in [2.75, 3.05) is 13.2 Å². The molecule has 0 unspecified atom stereocenters. The molecule has 0 atom stereocenters. The van der Waals surface area contributed by atoms with Gasteiger partial charge in [-0.1, -0.05) is 45.4 Å². The fraction of sp³-hybridized carbons (Fsp3) is 0.929. The van der Waals surface area contributed by atoms with E-state index >= 15 is 0 Å². The maximum absolute atomic E-state index is 10.1. The van der Waals surface area contributed by atoms with Crippen molar-refractivity contribution in [1.29, 1.82) is 0 Å². The third-order valence-corrected chi connectivity index (χ3v) is 2.56. The third-order valence-electron chi connectivity index (χ3n) is 2.56. The van der Waals surface area contributed by atoms with E-state index in [1.807, 2.05) is 0 Å². The molecule has 3 N–H and O–H groups in total. The maximum atomic E-state index is 10.1. The smallest absolute Gasteiger partial charge is 0.303 e. The summed E-state index contributed by atoms with van der Waals surface area (Å²) in [5.74, 6) is -0.663. The summed E-state index contributed by atoms with van der Waals surface area (Å²) in [4.78, 5) is 10.1. The lowest BCUT2D eigenvalue weighted by Gasteiger charge is -1.98. The number of unbranched alkanes of at least 4 members (excludes halogenated alkanes) is 7. The second kappa shape index (κ2) is 18.7. The Labute approximate surface area is 111 Å². The molecule has 0 saturated heterocycles. The predicted molar refractivity (Wildman–Crippen MR) is 73.7 cm³/mol. The van der Waals surface area contributed by atoms with Crippen LogP contribution < -0.4 is 0 Å². The molecule has 0 heterocycles. The van der Waals surface area contributed by atoms with Crippen LogP contribution in [0.15, 0.2) is 0 Å². The number of hydrogen-bond donors (Lipinski definition) is 3. The lowest BCUT2D eigenvalue weighted by atomic mass is 10.1. The first-order valence-electron chi connectivity index (χ1n) is 7.12. The number of hydrogen-bond acceptors (Lipinski definition) is 3. The molecular formula is C14H30O4. The number of aliphatic carboxylic acids is 1. The molecule has 0 aromatic rings. The summed E-state index contributed by atoms with van der Waals surface area (Å²) in [6, 6.07) is 0. The highest BCUT2D eigenvalue weighted by Crippen LogP contribution is 2.07. The Bertz CT molecular complexity index is 156. The molecule has 0 spiro atoms. The Kier molecular flexibility index (Phi) is 20.5. The van der Waals surface area contributed by atoms with E-state index in [0.29, 0.717) is 6.42 Å². The van der Waals surface area contributed by atoms with Crippen LogP contribution in [-0.4, -0.2) is 34.5 Å². The van der Waals surface area contributed by atoms with E-state index in [1.165, 1.54) is 32.1 Å². The molecule has 0 aliphatic heterocycles. The van der Waals surface area contributed by atoms with Gasteiger partial charge in [0.1, 0.15) is 0 Å². The molecule has 0 aliphatic rings. The van der Waals surface area contributed by atoms with E-state index < -0.39 is 5.97 Å². The fourth-order valence-electron chi connectivity index (χ4n) is 1.46. The van der Waals surface area contributed by atoms with Crippen molar-refractivity contribution in [2.45, 2.75) is 71.1 Å². The Morgan fingerprint density at radius 1 is 0.778 bits per heavy atom. The number of aliphatic hydroxyl groups is 2. The third kappa shape index (κ3) is 24.6. The maximum Gasteiger partial charge on any atom is 0.303 e. The Morgan fingerprint density at radius 3 is 1.61 bits per heavy atom. The van der Waals surface area contributed by atoms with Crippen LogP contribution in [-0.2, 0) is 4.79 Å². The molecule has 0 amide bonds. The molecule has 0 aromatic carbocycles. The number of aliphatic hydroxyl groups excluding tert-OH is 2. The van der Waals surface area contributed by atoms with Crippen LogP contribution in [0.4, 0.5) is 0 Å². The van der Waals surface area contributed by atoms with Gasteiger partial charge in [-0.2, -0.15) is 0 Å². The standard InChI is InChI=1S/C10H20O2.C4H10O2/c1-2-3-4-5-6-7-8-9-10(11)12;5-3-1-2-4-6/h2-9H2,1H3,(H,11,12);5-6H,1-4H2. The lowest BCUT2D eigenvalue weighted by molar-refractivity contribution is -0.137. The minimum absolute atomic E-state index is 0.195. The Hall–Kier alpha value is -0.610. The van der Waals surface area contributed by atoms with Crippen LogP contribution in [0.25, 0.3) is 0 Å². The number of carboxylic acid groups (broad SMARTS) is 1. The molecule has 18 heavy (non-hydrogen) atoms. The SMILES string of the molecule is CCCCCCCCCC(=O)O.OCCCCO. The largest absolute Gasteiger partial charge is 0.481 e. The number of rotatable bonds is 11. The van der Waals surface area contributed by atoms with Gasteiger partial charge < -0.3 is 15.3 Å². The second-order valence-corrected chi connectivity index (χ2v) is 4.42. The molecular weight excluding hydrogens is 232 g/mol. The average molecular weight is 262 g/mol. The summed E-state index contributed by atoms with van der Waals surface area (Å²) >= 11 is 0. The van der Waals surface area contributed by atoms with Gasteiger partial charge in [0.25, 0.3) is 0 Å². The zero-order valence-corrected chi connectivity index (χ0v) is 11.7. The fourth-order valence-corrected chi connectivity index (χ4v) is 1.46. The first-order valence-corrected chi connectivity index (χ1v) is 7.12. The lowest BCUT2D eigenvalue weighted by Crippen LogP contribution is -1.93. The summed E-state index contributed by atoms with van der Waals surface area (Å²) in [5.41, 5.74) is 0. The minimum atomic E-state index is -0.663.